The maximum Gasteiger partial charge on any atom is 0.417 e. The summed E-state index contributed by atoms with van der Waals surface area (Å²) in [5.74, 6) is -0.177. The van der Waals surface area contributed by atoms with E-state index in [0.717, 1.165) is 6.07 Å². The van der Waals surface area contributed by atoms with Crippen LogP contribution in [-0.4, -0.2) is 32.0 Å². The summed E-state index contributed by atoms with van der Waals surface area (Å²) < 4.78 is 63.2. The van der Waals surface area contributed by atoms with Gasteiger partial charge in [-0.3, -0.25) is 0 Å². The van der Waals surface area contributed by atoms with Crippen LogP contribution in [-0.2, 0) is 16.0 Å². The molecular formula is C18H17F3N2O3S. The molecule has 2 amide bonds. The van der Waals surface area contributed by atoms with Crippen LogP contribution in [0.1, 0.15) is 12.0 Å². The van der Waals surface area contributed by atoms with Gasteiger partial charge in [-0.15, -0.1) is 0 Å². The summed E-state index contributed by atoms with van der Waals surface area (Å²) in [6.07, 6.45) is -4.31. The Kier molecular flexibility index (Phi) is 5.14. The highest BCUT2D eigenvalue weighted by Gasteiger charge is 2.34. The molecule has 0 saturated carbocycles. The van der Waals surface area contributed by atoms with E-state index in [1.165, 1.54) is 12.1 Å². The first kappa shape index (κ1) is 19.2. The van der Waals surface area contributed by atoms with Crippen molar-refractivity contribution in [2.45, 2.75) is 18.6 Å². The van der Waals surface area contributed by atoms with Crippen molar-refractivity contribution in [3.63, 3.8) is 0 Å². The molecule has 9 heteroatoms. The molecule has 0 aliphatic carbocycles. The number of alkyl halides is 3. The summed E-state index contributed by atoms with van der Waals surface area (Å²) in [6.45, 7) is 0. The normalized spacial score (nSPS) is 18.9. The van der Waals surface area contributed by atoms with Gasteiger partial charge in [0, 0.05) is 11.7 Å². The van der Waals surface area contributed by atoms with Gasteiger partial charge in [-0.1, -0.05) is 36.4 Å². The standard InChI is InChI=1S/C18H17F3N2O3S/c19-18(20,21)16-10-13(6-7-15(16)12-4-2-1-3-5-12)22-17(24)23-14-8-9-27(25,26)11-14/h1-7,10,14H,8-9,11H2,(H2,22,23,24)/t14-/m1/s1. The molecule has 0 spiro atoms. The molecule has 1 aliphatic rings. The fraction of sp³-hybridized carbons (Fsp3) is 0.278. The third-order valence-electron chi connectivity index (χ3n) is 4.24. The summed E-state index contributed by atoms with van der Waals surface area (Å²) in [7, 11) is -3.17. The molecule has 2 aromatic carbocycles. The van der Waals surface area contributed by atoms with E-state index in [0.29, 0.717) is 5.56 Å². The zero-order valence-corrected chi connectivity index (χ0v) is 14.9. The Balaban J connectivity index is 1.80. The lowest BCUT2D eigenvalue weighted by molar-refractivity contribution is -0.137. The summed E-state index contributed by atoms with van der Waals surface area (Å²) in [6, 6.07) is 10.4. The van der Waals surface area contributed by atoms with Gasteiger partial charge in [0.15, 0.2) is 9.84 Å². The van der Waals surface area contributed by atoms with Crippen molar-refractivity contribution < 1.29 is 26.4 Å². The summed E-state index contributed by atoms with van der Waals surface area (Å²) in [5, 5.41) is 4.82. The minimum Gasteiger partial charge on any atom is -0.334 e. The Morgan fingerprint density at radius 2 is 1.78 bits per heavy atom. The second-order valence-electron chi connectivity index (χ2n) is 6.32. The average molecular weight is 398 g/mol. The summed E-state index contributed by atoms with van der Waals surface area (Å²) >= 11 is 0. The maximum absolute atomic E-state index is 13.5. The van der Waals surface area contributed by atoms with Gasteiger partial charge < -0.3 is 10.6 Å². The van der Waals surface area contributed by atoms with E-state index in [9.17, 15) is 26.4 Å². The highest BCUT2D eigenvalue weighted by molar-refractivity contribution is 7.91. The maximum atomic E-state index is 13.5. The number of carbonyl (C=O) groups excluding carboxylic acids is 1. The molecule has 27 heavy (non-hydrogen) atoms. The van der Waals surface area contributed by atoms with Crippen molar-refractivity contribution in [1.29, 1.82) is 0 Å². The molecule has 0 radical (unpaired) electrons. The van der Waals surface area contributed by atoms with Crippen molar-refractivity contribution >= 4 is 21.6 Å². The molecule has 0 aromatic heterocycles. The topological polar surface area (TPSA) is 75.3 Å². The number of halogens is 3. The smallest absolute Gasteiger partial charge is 0.334 e. The second-order valence-corrected chi connectivity index (χ2v) is 8.55. The largest absolute Gasteiger partial charge is 0.417 e. The van der Waals surface area contributed by atoms with Gasteiger partial charge >= 0.3 is 12.2 Å². The number of nitrogens with one attached hydrogen (secondary N) is 2. The minimum absolute atomic E-state index is 0.0101. The first-order valence-electron chi connectivity index (χ1n) is 8.19. The first-order valence-corrected chi connectivity index (χ1v) is 10.0. The van der Waals surface area contributed by atoms with Crippen molar-refractivity contribution in [3.05, 3.63) is 54.1 Å². The SMILES string of the molecule is O=C(Nc1ccc(-c2ccccc2)c(C(F)(F)F)c1)N[C@@H]1CCS(=O)(=O)C1. The first-order chi connectivity index (χ1) is 12.6. The van der Waals surface area contributed by atoms with Crippen molar-refractivity contribution in [2.24, 2.45) is 0 Å². The summed E-state index contributed by atoms with van der Waals surface area (Å²) in [5.41, 5.74) is -0.469. The van der Waals surface area contributed by atoms with Gasteiger partial charge in [0.1, 0.15) is 0 Å². The van der Waals surface area contributed by atoms with Crippen LogP contribution in [0, 0.1) is 0 Å². The fourth-order valence-electron chi connectivity index (χ4n) is 2.99. The van der Waals surface area contributed by atoms with Gasteiger partial charge in [-0.2, -0.15) is 13.2 Å². The lowest BCUT2D eigenvalue weighted by atomic mass is 9.98. The monoisotopic (exact) mass is 398 g/mol. The highest BCUT2D eigenvalue weighted by Crippen LogP contribution is 2.38. The third kappa shape index (κ3) is 4.79. The number of anilines is 1. The third-order valence-corrected chi connectivity index (χ3v) is 6.00. The molecule has 3 rings (SSSR count). The molecule has 1 fully saturated rings. The Morgan fingerprint density at radius 1 is 1.07 bits per heavy atom. The number of benzene rings is 2. The van der Waals surface area contributed by atoms with Crippen molar-refractivity contribution in [1.82, 2.24) is 5.32 Å². The van der Waals surface area contributed by atoms with E-state index in [-0.39, 0.29) is 29.2 Å². The van der Waals surface area contributed by atoms with Gasteiger partial charge in [-0.05, 0) is 29.7 Å². The molecule has 1 saturated heterocycles. The van der Waals surface area contributed by atoms with E-state index in [2.05, 4.69) is 10.6 Å². The Bertz CT molecular complexity index is 944. The molecule has 144 valence electrons. The number of sulfone groups is 1. The van der Waals surface area contributed by atoms with Crippen LogP contribution in [0.5, 0.6) is 0 Å². The quantitative estimate of drug-likeness (QED) is 0.828. The van der Waals surface area contributed by atoms with E-state index in [1.807, 2.05) is 0 Å². The number of hydrogen-bond donors (Lipinski definition) is 2. The molecule has 1 atom stereocenters. The van der Waals surface area contributed by atoms with Crippen LogP contribution in [0.25, 0.3) is 11.1 Å². The molecule has 1 aliphatic heterocycles. The average Bonchev–Trinajstić information content (AvgIpc) is 2.93. The van der Waals surface area contributed by atoms with E-state index >= 15 is 0 Å². The minimum atomic E-state index is -4.60. The van der Waals surface area contributed by atoms with Gasteiger partial charge in [0.05, 0.1) is 17.1 Å². The summed E-state index contributed by atoms with van der Waals surface area (Å²) in [4.78, 5) is 12.0. The second kappa shape index (κ2) is 7.22. The van der Waals surface area contributed by atoms with E-state index in [1.54, 1.807) is 30.3 Å². The lowest BCUT2D eigenvalue weighted by Gasteiger charge is -2.16. The van der Waals surface area contributed by atoms with Gasteiger partial charge in [-0.25, -0.2) is 13.2 Å². The van der Waals surface area contributed by atoms with Crippen LogP contribution >= 0.6 is 0 Å². The Hall–Kier alpha value is -2.55. The van der Waals surface area contributed by atoms with Gasteiger partial charge in [0.2, 0.25) is 0 Å². The van der Waals surface area contributed by atoms with Crippen LogP contribution in [0.15, 0.2) is 48.5 Å². The van der Waals surface area contributed by atoms with Crippen LogP contribution in [0.2, 0.25) is 0 Å². The zero-order valence-electron chi connectivity index (χ0n) is 14.1. The fourth-order valence-corrected chi connectivity index (χ4v) is 4.66. The number of amides is 2. The Labute approximate surface area is 154 Å². The van der Waals surface area contributed by atoms with Crippen LogP contribution < -0.4 is 10.6 Å². The molecule has 5 nitrogen and oxygen atoms in total. The van der Waals surface area contributed by atoms with Crippen LogP contribution in [0.4, 0.5) is 23.7 Å². The lowest BCUT2D eigenvalue weighted by Crippen LogP contribution is -2.38. The number of rotatable bonds is 3. The molecule has 0 bridgehead atoms. The molecular weight excluding hydrogens is 381 g/mol. The predicted octanol–water partition coefficient (Wildman–Crippen LogP) is 3.68. The molecule has 1 heterocycles. The van der Waals surface area contributed by atoms with Crippen molar-refractivity contribution in [2.75, 3.05) is 16.8 Å². The number of hydrogen-bond acceptors (Lipinski definition) is 3. The van der Waals surface area contributed by atoms with E-state index < -0.39 is 33.6 Å². The Morgan fingerprint density at radius 3 is 2.37 bits per heavy atom. The molecule has 2 aromatic rings. The highest BCUT2D eigenvalue weighted by atomic mass is 32.2. The van der Waals surface area contributed by atoms with Crippen LogP contribution in [0.3, 0.4) is 0 Å². The van der Waals surface area contributed by atoms with Gasteiger partial charge in [0.25, 0.3) is 0 Å². The predicted molar refractivity (Wildman–Crippen MR) is 96.1 cm³/mol. The van der Waals surface area contributed by atoms with E-state index in [4.69, 9.17) is 0 Å². The molecule has 2 N–H and O–H groups in total. The zero-order chi connectivity index (χ0) is 19.7. The molecule has 0 unspecified atom stereocenters. The number of carbonyl (C=O) groups is 1. The number of urea groups is 1. The van der Waals surface area contributed by atoms with Crippen molar-refractivity contribution in [3.8, 4) is 11.1 Å².